The molecule has 1 atom stereocenters. The molecular weight excluding hydrogens is 304 g/mol. The maximum atomic E-state index is 12.5. The predicted octanol–water partition coefficient (Wildman–Crippen LogP) is 1.90. The molecule has 23 heavy (non-hydrogen) atoms. The van der Waals surface area contributed by atoms with Crippen LogP contribution < -0.4 is 4.90 Å². The molecule has 1 N–H and O–H groups in total. The number of hydrogen-bond donors (Lipinski definition) is 1. The molecule has 0 amide bonds. The van der Waals surface area contributed by atoms with Crippen LogP contribution in [0.3, 0.4) is 0 Å². The molecule has 4 nitrogen and oxygen atoms in total. The minimum absolute atomic E-state index is 0. The molecule has 0 aliphatic carbocycles. The van der Waals surface area contributed by atoms with E-state index in [0.717, 1.165) is 17.8 Å². The topological polar surface area (TPSA) is 43.8 Å². The second-order valence-electron chi connectivity index (χ2n) is 5.57. The molecule has 1 aromatic rings. The molecule has 1 aromatic carbocycles. The SMILES string of the molecule is CC(CN1CCN(c2ccc(C(F)(F)F)cc2)CC1)C(=O)O.[LiH]. The zero-order valence-electron chi connectivity index (χ0n) is 12.3. The third-order valence-electron chi connectivity index (χ3n) is 3.89. The first-order valence-corrected chi connectivity index (χ1v) is 7.15. The number of carboxylic acids is 1. The van der Waals surface area contributed by atoms with E-state index in [1.807, 2.05) is 4.90 Å². The van der Waals surface area contributed by atoms with Crippen molar-refractivity contribution in [2.24, 2.45) is 5.92 Å². The molecule has 0 aromatic heterocycles. The summed E-state index contributed by atoms with van der Waals surface area (Å²) in [5.41, 5.74) is 0.115. The van der Waals surface area contributed by atoms with Crippen LogP contribution in [0.1, 0.15) is 12.5 Å². The Bertz CT molecular complexity index is 514. The van der Waals surface area contributed by atoms with Gasteiger partial charge < -0.3 is 10.0 Å². The number of halogens is 3. The molecule has 1 saturated heterocycles. The van der Waals surface area contributed by atoms with Crippen molar-refractivity contribution in [1.82, 2.24) is 4.90 Å². The van der Waals surface area contributed by atoms with Gasteiger partial charge in [-0.2, -0.15) is 13.2 Å². The van der Waals surface area contributed by atoms with Crippen LogP contribution in [0.15, 0.2) is 24.3 Å². The molecule has 124 valence electrons. The first-order valence-electron chi connectivity index (χ1n) is 7.15. The summed E-state index contributed by atoms with van der Waals surface area (Å²) in [6.45, 7) is 4.94. The van der Waals surface area contributed by atoms with Gasteiger partial charge in [0, 0.05) is 38.4 Å². The normalized spacial score (nSPS) is 17.5. The fourth-order valence-electron chi connectivity index (χ4n) is 2.52. The Morgan fingerprint density at radius 1 is 1.17 bits per heavy atom. The minimum atomic E-state index is -4.32. The molecule has 0 saturated carbocycles. The summed E-state index contributed by atoms with van der Waals surface area (Å²) >= 11 is 0. The predicted molar refractivity (Wildman–Crippen MR) is 84.0 cm³/mol. The molecule has 0 spiro atoms. The number of benzene rings is 1. The van der Waals surface area contributed by atoms with E-state index in [4.69, 9.17) is 5.11 Å². The second kappa shape index (κ2) is 8.09. The molecule has 2 rings (SSSR count). The quantitative estimate of drug-likeness (QED) is 0.859. The molecule has 0 bridgehead atoms. The number of piperazine rings is 1. The van der Waals surface area contributed by atoms with Gasteiger partial charge in [-0.25, -0.2) is 0 Å². The number of hydrogen-bond acceptors (Lipinski definition) is 3. The van der Waals surface area contributed by atoms with E-state index in [9.17, 15) is 18.0 Å². The van der Waals surface area contributed by atoms with E-state index >= 15 is 0 Å². The summed E-state index contributed by atoms with van der Waals surface area (Å²) in [5.74, 6) is -1.23. The zero-order chi connectivity index (χ0) is 16.3. The zero-order valence-corrected chi connectivity index (χ0v) is 12.3. The van der Waals surface area contributed by atoms with Gasteiger partial charge >= 0.3 is 31.0 Å². The third kappa shape index (κ3) is 5.45. The monoisotopic (exact) mass is 324 g/mol. The van der Waals surface area contributed by atoms with Crippen molar-refractivity contribution in [2.45, 2.75) is 13.1 Å². The average molecular weight is 324 g/mol. The fraction of sp³-hybridized carbons (Fsp3) is 0.533. The van der Waals surface area contributed by atoms with Crippen LogP contribution in [0.4, 0.5) is 18.9 Å². The molecule has 1 unspecified atom stereocenters. The summed E-state index contributed by atoms with van der Waals surface area (Å²) < 4.78 is 37.6. The number of carbonyl (C=O) groups is 1. The van der Waals surface area contributed by atoms with Gasteiger partial charge in [0.25, 0.3) is 0 Å². The fourth-order valence-corrected chi connectivity index (χ4v) is 2.52. The van der Waals surface area contributed by atoms with Gasteiger partial charge in [0.2, 0.25) is 0 Å². The Morgan fingerprint density at radius 3 is 2.13 bits per heavy atom. The Kier molecular flexibility index (Phi) is 6.99. The summed E-state index contributed by atoms with van der Waals surface area (Å²) in [4.78, 5) is 14.9. The second-order valence-corrected chi connectivity index (χ2v) is 5.57. The van der Waals surface area contributed by atoms with Crippen LogP contribution in [0, 0.1) is 5.92 Å². The molecule has 0 radical (unpaired) electrons. The van der Waals surface area contributed by atoms with Crippen LogP contribution in [0.2, 0.25) is 0 Å². The first kappa shape index (κ1) is 19.9. The first-order chi connectivity index (χ1) is 10.3. The van der Waals surface area contributed by atoms with Gasteiger partial charge in [0.05, 0.1) is 11.5 Å². The Labute approximate surface area is 145 Å². The Balaban J connectivity index is 0.00000264. The van der Waals surface area contributed by atoms with Gasteiger partial charge in [-0.1, -0.05) is 6.92 Å². The number of alkyl halides is 3. The van der Waals surface area contributed by atoms with E-state index in [0.29, 0.717) is 32.7 Å². The summed E-state index contributed by atoms with van der Waals surface area (Å²) in [6.07, 6.45) is -4.32. The van der Waals surface area contributed by atoms with Crippen molar-refractivity contribution >= 4 is 30.5 Å². The van der Waals surface area contributed by atoms with Crippen molar-refractivity contribution in [2.75, 3.05) is 37.6 Å². The van der Waals surface area contributed by atoms with Gasteiger partial charge in [-0.3, -0.25) is 9.69 Å². The number of carboxylic acid groups (broad SMARTS) is 1. The van der Waals surface area contributed by atoms with Crippen LogP contribution in [0.5, 0.6) is 0 Å². The van der Waals surface area contributed by atoms with Crippen molar-refractivity contribution in [1.29, 1.82) is 0 Å². The maximum absolute atomic E-state index is 12.5. The number of nitrogens with zero attached hydrogens (tertiary/aromatic N) is 2. The molecule has 1 aliphatic heterocycles. The molecule has 8 heteroatoms. The van der Waals surface area contributed by atoms with Crippen molar-refractivity contribution in [3.63, 3.8) is 0 Å². The van der Waals surface area contributed by atoms with Crippen molar-refractivity contribution in [3.05, 3.63) is 29.8 Å². The van der Waals surface area contributed by atoms with Gasteiger partial charge in [0.1, 0.15) is 0 Å². The van der Waals surface area contributed by atoms with E-state index < -0.39 is 23.6 Å². The van der Waals surface area contributed by atoms with Crippen LogP contribution in [0.25, 0.3) is 0 Å². The Hall–Kier alpha value is -1.16. The number of anilines is 1. The van der Waals surface area contributed by atoms with E-state index in [1.54, 1.807) is 6.92 Å². The van der Waals surface area contributed by atoms with Crippen LogP contribution >= 0.6 is 0 Å². The van der Waals surface area contributed by atoms with Crippen molar-refractivity contribution in [3.8, 4) is 0 Å². The van der Waals surface area contributed by atoms with Gasteiger partial charge in [-0.15, -0.1) is 0 Å². The van der Waals surface area contributed by atoms with Crippen LogP contribution in [-0.4, -0.2) is 67.6 Å². The number of rotatable bonds is 4. The molecule has 1 heterocycles. The Morgan fingerprint density at radius 2 is 1.70 bits per heavy atom. The molecular formula is C15H20F3LiN2O2. The third-order valence-corrected chi connectivity index (χ3v) is 3.89. The summed E-state index contributed by atoms with van der Waals surface area (Å²) in [5, 5.41) is 8.91. The summed E-state index contributed by atoms with van der Waals surface area (Å²) in [7, 11) is 0. The standard InChI is InChI=1S/C15H19F3N2O2.Li.H/c1-11(14(21)22)10-19-6-8-20(9-7-19)13-4-2-12(3-5-13)15(16,17)18;;/h2-5,11H,6-10H2,1H3,(H,21,22);;. The average Bonchev–Trinajstić information content (AvgIpc) is 2.47. The van der Waals surface area contributed by atoms with Gasteiger partial charge in [0.15, 0.2) is 0 Å². The summed E-state index contributed by atoms with van der Waals surface area (Å²) in [6, 6.07) is 5.15. The van der Waals surface area contributed by atoms with Gasteiger partial charge in [-0.05, 0) is 24.3 Å². The van der Waals surface area contributed by atoms with E-state index in [-0.39, 0.29) is 18.9 Å². The molecule has 1 aliphatic rings. The van der Waals surface area contributed by atoms with E-state index in [2.05, 4.69) is 4.90 Å². The number of aliphatic carboxylic acids is 1. The molecule has 1 fully saturated rings. The van der Waals surface area contributed by atoms with E-state index in [1.165, 1.54) is 12.1 Å². The van der Waals surface area contributed by atoms with Crippen LogP contribution in [-0.2, 0) is 11.0 Å². The van der Waals surface area contributed by atoms with Crippen molar-refractivity contribution < 1.29 is 23.1 Å².